The van der Waals surface area contributed by atoms with E-state index < -0.39 is 11.7 Å². The summed E-state index contributed by atoms with van der Waals surface area (Å²) in [5.74, 6) is 0.822. The van der Waals surface area contributed by atoms with E-state index in [0.717, 1.165) is 12.0 Å². The lowest BCUT2D eigenvalue weighted by atomic mass is 10.0. The fourth-order valence-electron chi connectivity index (χ4n) is 2.55. The van der Waals surface area contributed by atoms with Gasteiger partial charge in [-0.05, 0) is 41.5 Å². The summed E-state index contributed by atoms with van der Waals surface area (Å²) in [6, 6.07) is 15.7. The Labute approximate surface area is 109 Å². The van der Waals surface area contributed by atoms with Crippen molar-refractivity contribution in [2.75, 3.05) is 0 Å². The van der Waals surface area contributed by atoms with Crippen LogP contribution in [0.25, 0.3) is 0 Å². The minimum Gasteiger partial charge on any atom is -0.166 e. The van der Waals surface area contributed by atoms with Gasteiger partial charge in [-0.15, -0.1) is 0 Å². The smallest absolute Gasteiger partial charge is 0.166 e. The molecular weight excluding hydrogens is 249 g/mol. The summed E-state index contributed by atoms with van der Waals surface area (Å²) in [5.41, 5.74) is 1.70. The monoisotopic (exact) mass is 262 g/mol. The molecule has 1 aliphatic rings. The third kappa shape index (κ3) is 2.50. The van der Waals surface area contributed by atoms with Gasteiger partial charge in [0.15, 0.2) is 0 Å². The highest BCUT2D eigenvalue weighted by Crippen LogP contribution is 2.54. The Bertz CT molecular complexity index is 555. The van der Waals surface area contributed by atoms with E-state index in [1.165, 1.54) is 17.7 Å². The van der Waals surface area contributed by atoms with Crippen molar-refractivity contribution in [3.05, 3.63) is 71.3 Å². The molecule has 19 heavy (non-hydrogen) atoms. The van der Waals surface area contributed by atoms with E-state index in [2.05, 4.69) is 12.1 Å². The summed E-state index contributed by atoms with van der Waals surface area (Å²) in [7, 11) is 0. The molecule has 2 atom stereocenters. The Morgan fingerprint density at radius 1 is 0.737 bits per heavy atom. The van der Waals surface area contributed by atoms with Crippen LogP contribution in [-0.2, 0) is 6.18 Å². The molecule has 0 heterocycles. The largest absolute Gasteiger partial charge is 0.416 e. The summed E-state index contributed by atoms with van der Waals surface area (Å²) in [6.45, 7) is 0. The summed E-state index contributed by atoms with van der Waals surface area (Å²) >= 11 is 0. The zero-order valence-corrected chi connectivity index (χ0v) is 10.2. The standard InChI is InChI=1S/C16H13F3/c17-16(18,19)13-8-6-12(7-9-13)15-10-14(15)11-4-2-1-3-5-11/h1-9,14-15H,10H2/t14-,15-/m1/s1. The molecule has 0 bridgehead atoms. The maximum atomic E-state index is 12.5. The Kier molecular flexibility index (Phi) is 2.85. The van der Waals surface area contributed by atoms with Crippen LogP contribution in [0, 0.1) is 0 Å². The van der Waals surface area contributed by atoms with Crippen LogP contribution in [0.5, 0.6) is 0 Å². The lowest BCUT2D eigenvalue weighted by Gasteiger charge is -2.07. The number of rotatable bonds is 2. The Morgan fingerprint density at radius 2 is 1.26 bits per heavy atom. The van der Waals surface area contributed by atoms with Gasteiger partial charge < -0.3 is 0 Å². The molecule has 1 saturated carbocycles. The predicted molar refractivity (Wildman–Crippen MR) is 68.0 cm³/mol. The molecule has 3 rings (SSSR count). The molecule has 1 fully saturated rings. The van der Waals surface area contributed by atoms with Crippen molar-refractivity contribution in [1.82, 2.24) is 0 Å². The topological polar surface area (TPSA) is 0 Å². The molecule has 0 aromatic heterocycles. The number of alkyl halides is 3. The van der Waals surface area contributed by atoms with Gasteiger partial charge in [0.05, 0.1) is 5.56 Å². The van der Waals surface area contributed by atoms with Gasteiger partial charge in [0.2, 0.25) is 0 Å². The molecule has 2 aromatic carbocycles. The highest BCUT2D eigenvalue weighted by molar-refractivity contribution is 5.37. The maximum Gasteiger partial charge on any atom is 0.416 e. The summed E-state index contributed by atoms with van der Waals surface area (Å²) in [5, 5.41) is 0. The van der Waals surface area contributed by atoms with E-state index in [1.807, 2.05) is 18.2 Å². The van der Waals surface area contributed by atoms with Gasteiger partial charge in [-0.1, -0.05) is 42.5 Å². The van der Waals surface area contributed by atoms with Gasteiger partial charge >= 0.3 is 6.18 Å². The lowest BCUT2D eigenvalue weighted by molar-refractivity contribution is -0.137. The molecule has 2 aromatic rings. The van der Waals surface area contributed by atoms with Crippen LogP contribution in [0.2, 0.25) is 0 Å². The van der Waals surface area contributed by atoms with Crippen molar-refractivity contribution >= 4 is 0 Å². The lowest BCUT2D eigenvalue weighted by Crippen LogP contribution is -2.04. The average Bonchev–Trinajstić information content (AvgIpc) is 3.19. The van der Waals surface area contributed by atoms with Crippen LogP contribution in [0.3, 0.4) is 0 Å². The molecule has 3 heteroatoms. The number of halogens is 3. The van der Waals surface area contributed by atoms with Crippen LogP contribution >= 0.6 is 0 Å². The summed E-state index contributed by atoms with van der Waals surface area (Å²) in [4.78, 5) is 0. The van der Waals surface area contributed by atoms with Gasteiger partial charge in [0, 0.05) is 0 Å². The number of benzene rings is 2. The summed E-state index contributed by atoms with van der Waals surface area (Å²) < 4.78 is 37.4. The van der Waals surface area contributed by atoms with Crippen molar-refractivity contribution in [1.29, 1.82) is 0 Å². The minimum absolute atomic E-state index is 0.365. The first-order chi connectivity index (χ1) is 9.05. The molecular formula is C16H13F3. The van der Waals surface area contributed by atoms with Gasteiger partial charge in [-0.3, -0.25) is 0 Å². The van der Waals surface area contributed by atoms with Crippen molar-refractivity contribution in [3.8, 4) is 0 Å². The molecule has 0 amide bonds. The first-order valence-electron chi connectivity index (χ1n) is 6.28. The van der Waals surface area contributed by atoms with Crippen LogP contribution in [0.4, 0.5) is 13.2 Å². The maximum absolute atomic E-state index is 12.5. The fourth-order valence-corrected chi connectivity index (χ4v) is 2.55. The second kappa shape index (κ2) is 4.41. The molecule has 1 aliphatic carbocycles. The van der Waals surface area contributed by atoms with Gasteiger partial charge in [-0.25, -0.2) is 0 Å². The Balaban J connectivity index is 1.76. The zero-order valence-electron chi connectivity index (χ0n) is 10.2. The number of hydrogen-bond donors (Lipinski definition) is 0. The molecule has 0 nitrogen and oxygen atoms in total. The number of hydrogen-bond acceptors (Lipinski definition) is 0. The third-order valence-corrected chi connectivity index (χ3v) is 3.68. The van der Waals surface area contributed by atoms with E-state index in [4.69, 9.17) is 0 Å². The minimum atomic E-state index is -4.25. The first kappa shape index (κ1) is 12.3. The SMILES string of the molecule is FC(F)(F)c1ccc([C@H]2C[C@@H]2c2ccccc2)cc1. The van der Waals surface area contributed by atoms with E-state index in [-0.39, 0.29) is 0 Å². The molecule has 98 valence electrons. The van der Waals surface area contributed by atoms with E-state index in [9.17, 15) is 13.2 Å². The Morgan fingerprint density at radius 3 is 1.79 bits per heavy atom. The molecule has 0 saturated heterocycles. The highest BCUT2D eigenvalue weighted by Gasteiger charge is 2.39. The van der Waals surface area contributed by atoms with E-state index in [1.54, 1.807) is 12.1 Å². The zero-order chi connectivity index (χ0) is 13.5. The van der Waals surface area contributed by atoms with Crippen LogP contribution < -0.4 is 0 Å². The molecule has 0 N–H and O–H groups in total. The van der Waals surface area contributed by atoms with Gasteiger partial charge in [0.25, 0.3) is 0 Å². The predicted octanol–water partition coefficient (Wildman–Crippen LogP) is 4.98. The van der Waals surface area contributed by atoms with Crippen LogP contribution in [-0.4, -0.2) is 0 Å². The van der Waals surface area contributed by atoms with Crippen LogP contribution in [0.1, 0.15) is 34.9 Å². The Hall–Kier alpha value is -1.77. The highest BCUT2D eigenvalue weighted by atomic mass is 19.4. The quantitative estimate of drug-likeness (QED) is 0.716. The van der Waals surface area contributed by atoms with Crippen molar-refractivity contribution in [2.24, 2.45) is 0 Å². The van der Waals surface area contributed by atoms with Gasteiger partial charge in [0.1, 0.15) is 0 Å². The van der Waals surface area contributed by atoms with Gasteiger partial charge in [-0.2, -0.15) is 13.2 Å². The van der Waals surface area contributed by atoms with E-state index >= 15 is 0 Å². The van der Waals surface area contributed by atoms with Crippen molar-refractivity contribution < 1.29 is 13.2 Å². The molecule has 0 unspecified atom stereocenters. The molecule has 0 spiro atoms. The average molecular weight is 262 g/mol. The second-order valence-corrected chi connectivity index (χ2v) is 4.98. The van der Waals surface area contributed by atoms with Crippen LogP contribution in [0.15, 0.2) is 54.6 Å². The summed E-state index contributed by atoms with van der Waals surface area (Å²) in [6.07, 6.45) is -3.23. The van der Waals surface area contributed by atoms with Crippen molar-refractivity contribution in [3.63, 3.8) is 0 Å². The van der Waals surface area contributed by atoms with Crippen molar-refractivity contribution in [2.45, 2.75) is 24.4 Å². The molecule has 0 aliphatic heterocycles. The van der Waals surface area contributed by atoms with E-state index in [0.29, 0.717) is 11.8 Å². The third-order valence-electron chi connectivity index (χ3n) is 3.68. The molecule has 0 radical (unpaired) electrons. The first-order valence-corrected chi connectivity index (χ1v) is 6.28. The second-order valence-electron chi connectivity index (χ2n) is 4.98. The fraction of sp³-hybridized carbons (Fsp3) is 0.250. The normalized spacial score (nSPS) is 22.3.